The number of hydrogen-bond acceptors (Lipinski definition) is 1. The van der Waals surface area contributed by atoms with Crippen molar-refractivity contribution in [1.82, 2.24) is 0 Å². The van der Waals surface area contributed by atoms with E-state index in [1.54, 1.807) is 0 Å². The number of phenols is 1. The van der Waals surface area contributed by atoms with Gasteiger partial charge in [-0.05, 0) is 65.0 Å². The van der Waals surface area contributed by atoms with Gasteiger partial charge in [0.2, 0.25) is 0 Å². The van der Waals surface area contributed by atoms with Crippen LogP contribution in [-0.4, -0.2) is 5.11 Å². The zero-order valence-corrected chi connectivity index (χ0v) is 16.9. The van der Waals surface area contributed by atoms with E-state index in [9.17, 15) is 5.11 Å². The summed E-state index contributed by atoms with van der Waals surface area (Å²) in [7, 11) is 0. The molecule has 0 aliphatic carbocycles. The topological polar surface area (TPSA) is 20.2 Å². The van der Waals surface area contributed by atoms with E-state index in [4.69, 9.17) is 0 Å². The lowest BCUT2D eigenvalue weighted by Gasteiger charge is -2.22. The van der Waals surface area contributed by atoms with Crippen molar-refractivity contribution in [2.24, 2.45) is 0 Å². The van der Waals surface area contributed by atoms with Crippen LogP contribution < -0.4 is 0 Å². The number of hydrogen-bond donors (Lipinski definition) is 1. The molecule has 0 aliphatic heterocycles. The maximum atomic E-state index is 10.4. The Kier molecular flexibility index (Phi) is 5.70. The molecule has 0 spiro atoms. The summed E-state index contributed by atoms with van der Waals surface area (Å²) in [6, 6.07) is 23.9. The van der Waals surface area contributed by atoms with Gasteiger partial charge in [0.05, 0.1) is 0 Å². The first-order chi connectivity index (χ1) is 12.8. The Hall–Kier alpha value is -2.54. The Labute approximate surface area is 163 Å². The zero-order valence-electron chi connectivity index (χ0n) is 16.9. The number of phenolic OH excluding ortho intramolecular Hbond substituents is 1. The Morgan fingerprint density at radius 2 is 1.26 bits per heavy atom. The second-order valence-electron chi connectivity index (χ2n) is 8.54. The molecule has 3 rings (SSSR count). The van der Waals surface area contributed by atoms with Crippen LogP contribution in [0.25, 0.3) is 0 Å². The lowest BCUT2D eigenvalue weighted by molar-refractivity contribution is 0.442. The van der Waals surface area contributed by atoms with Crippen LogP contribution in [0.15, 0.2) is 66.7 Å². The van der Waals surface area contributed by atoms with E-state index >= 15 is 0 Å². The standard InChI is InChI=1S/C26H30O/c1-19-16-23(18-24(25(19)27)26(2,3)4)15-12-20-10-13-22(14-11-20)17-21-8-6-5-7-9-21/h5-11,13-14,16,18,27H,12,15,17H2,1-4H3. The van der Waals surface area contributed by atoms with Crippen LogP contribution in [0.2, 0.25) is 0 Å². The summed E-state index contributed by atoms with van der Waals surface area (Å²) in [5.74, 6) is 0.441. The van der Waals surface area contributed by atoms with Crippen LogP contribution >= 0.6 is 0 Å². The largest absolute Gasteiger partial charge is 0.507 e. The molecule has 0 atom stereocenters. The van der Waals surface area contributed by atoms with Gasteiger partial charge in [0.25, 0.3) is 0 Å². The van der Waals surface area contributed by atoms with E-state index in [0.29, 0.717) is 5.75 Å². The zero-order chi connectivity index (χ0) is 19.4. The minimum atomic E-state index is -0.0516. The van der Waals surface area contributed by atoms with E-state index < -0.39 is 0 Å². The average molecular weight is 359 g/mol. The quantitative estimate of drug-likeness (QED) is 0.561. The van der Waals surface area contributed by atoms with Gasteiger partial charge in [-0.2, -0.15) is 0 Å². The molecule has 0 saturated heterocycles. The third-order valence-electron chi connectivity index (χ3n) is 5.14. The highest BCUT2D eigenvalue weighted by Gasteiger charge is 2.20. The van der Waals surface area contributed by atoms with Crippen molar-refractivity contribution in [3.05, 3.63) is 100 Å². The maximum Gasteiger partial charge on any atom is 0.122 e. The van der Waals surface area contributed by atoms with Crippen molar-refractivity contribution >= 4 is 0 Å². The Morgan fingerprint density at radius 3 is 1.89 bits per heavy atom. The first-order valence-corrected chi connectivity index (χ1v) is 9.77. The Bertz CT molecular complexity index is 884. The molecule has 1 heteroatoms. The number of rotatable bonds is 5. The number of benzene rings is 3. The third kappa shape index (κ3) is 5.01. The van der Waals surface area contributed by atoms with Gasteiger partial charge in [-0.1, -0.05) is 87.5 Å². The van der Waals surface area contributed by atoms with E-state index in [-0.39, 0.29) is 5.41 Å². The van der Waals surface area contributed by atoms with Crippen LogP contribution in [0.4, 0.5) is 0 Å². The van der Waals surface area contributed by atoms with E-state index in [1.165, 1.54) is 22.3 Å². The van der Waals surface area contributed by atoms with Gasteiger partial charge >= 0.3 is 0 Å². The Balaban J connectivity index is 1.67. The van der Waals surface area contributed by atoms with Gasteiger partial charge in [0.1, 0.15) is 5.75 Å². The summed E-state index contributed by atoms with van der Waals surface area (Å²) >= 11 is 0. The van der Waals surface area contributed by atoms with Crippen molar-refractivity contribution in [3.63, 3.8) is 0 Å². The molecule has 1 nitrogen and oxygen atoms in total. The van der Waals surface area contributed by atoms with Gasteiger partial charge in [0.15, 0.2) is 0 Å². The van der Waals surface area contributed by atoms with Crippen molar-refractivity contribution in [2.75, 3.05) is 0 Å². The molecule has 0 bridgehead atoms. The predicted molar refractivity (Wildman–Crippen MR) is 115 cm³/mol. The summed E-state index contributed by atoms with van der Waals surface area (Å²) < 4.78 is 0. The van der Waals surface area contributed by atoms with Crippen LogP contribution in [0.1, 0.15) is 54.2 Å². The molecule has 0 fully saturated rings. The summed E-state index contributed by atoms with van der Waals surface area (Å²) in [5, 5.41) is 10.4. The highest BCUT2D eigenvalue weighted by molar-refractivity contribution is 5.46. The van der Waals surface area contributed by atoms with Crippen LogP contribution in [0.3, 0.4) is 0 Å². The van der Waals surface area contributed by atoms with Crippen molar-refractivity contribution in [3.8, 4) is 5.75 Å². The number of aryl methyl sites for hydroxylation is 3. The summed E-state index contributed by atoms with van der Waals surface area (Å²) in [6.45, 7) is 8.44. The van der Waals surface area contributed by atoms with Gasteiger partial charge in [0, 0.05) is 0 Å². The molecule has 0 amide bonds. The van der Waals surface area contributed by atoms with Gasteiger partial charge < -0.3 is 5.11 Å². The number of aromatic hydroxyl groups is 1. The van der Waals surface area contributed by atoms with Gasteiger partial charge in [-0.25, -0.2) is 0 Å². The fourth-order valence-corrected chi connectivity index (χ4v) is 3.51. The molecule has 3 aromatic rings. The molecule has 0 aromatic heterocycles. The summed E-state index contributed by atoms with van der Waals surface area (Å²) in [5.41, 5.74) is 7.30. The normalized spacial score (nSPS) is 11.6. The molecular weight excluding hydrogens is 328 g/mol. The molecule has 3 aromatic carbocycles. The highest BCUT2D eigenvalue weighted by Crippen LogP contribution is 2.34. The molecular formula is C26H30O. The second kappa shape index (κ2) is 8.00. The fraction of sp³-hybridized carbons (Fsp3) is 0.308. The highest BCUT2D eigenvalue weighted by atomic mass is 16.3. The van der Waals surface area contributed by atoms with E-state index in [1.807, 2.05) is 6.92 Å². The first kappa shape index (κ1) is 19.2. The SMILES string of the molecule is Cc1cc(CCc2ccc(Cc3ccccc3)cc2)cc(C(C)(C)C)c1O. The fourth-order valence-electron chi connectivity index (χ4n) is 3.51. The van der Waals surface area contributed by atoms with Crippen molar-refractivity contribution in [2.45, 2.75) is 52.4 Å². The molecule has 0 heterocycles. The molecule has 27 heavy (non-hydrogen) atoms. The molecule has 0 radical (unpaired) electrons. The van der Waals surface area contributed by atoms with Crippen molar-refractivity contribution < 1.29 is 5.11 Å². The van der Waals surface area contributed by atoms with E-state index in [0.717, 1.165) is 30.4 Å². The lowest BCUT2D eigenvalue weighted by Crippen LogP contribution is -2.12. The third-order valence-corrected chi connectivity index (χ3v) is 5.14. The average Bonchev–Trinajstić information content (AvgIpc) is 2.63. The minimum Gasteiger partial charge on any atom is -0.507 e. The molecule has 1 N–H and O–H groups in total. The van der Waals surface area contributed by atoms with Crippen LogP contribution in [-0.2, 0) is 24.7 Å². The first-order valence-electron chi connectivity index (χ1n) is 9.77. The Morgan fingerprint density at radius 1 is 0.704 bits per heavy atom. The van der Waals surface area contributed by atoms with E-state index in [2.05, 4.69) is 87.5 Å². The second-order valence-corrected chi connectivity index (χ2v) is 8.54. The monoisotopic (exact) mass is 358 g/mol. The van der Waals surface area contributed by atoms with Crippen LogP contribution in [0.5, 0.6) is 5.75 Å². The summed E-state index contributed by atoms with van der Waals surface area (Å²) in [4.78, 5) is 0. The molecule has 0 saturated carbocycles. The smallest absolute Gasteiger partial charge is 0.122 e. The molecule has 0 aliphatic rings. The molecule has 0 unspecified atom stereocenters. The maximum absolute atomic E-state index is 10.4. The van der Waals surface area contributed by atoms with Crippen LogP contribution in [0, 0.1) is 6.92 Å². The minimum absolute atomic E-state index is 0.0516. The summed E-state index contributed by atoms with van der Waals surface area (Å²) in [6.07, 6.45) is 2.98. The van der Waals surface area contributed by atoms with Gasteiger partial charge in [-0.3, -0.25) is 0 Å². The van der Waals surface area contributed by atoms with Gasteiger partial charge in [-0.15, -0.1) is 0 Å². The predicted octanol–water partition coefficient (Wildman–Crippen LogP) is 6.37. The lowest BCUT2D eigenvalue weighted by atomic mass is 9.83. The molecule has 140 valence electrons. The van der Waals surface area contributed by atoms with Crippen molar-refractivity contribution in [1.29, 1.82) is 0 Å².